The first kappa shape index (κ1) is 31.5. The van der Waals surface area contributed by atoms with Crippen molar-refractivity contribution >= 4 is 25.7 Å². The van der Waals surface area contributed by atoms with E-state index in [9.17, 15) is 4.79 Å². The molecule has 1 radical (unpaired) electrons. The van der Waals surface area contributed by atoms with E-state index >= 15 is 0 Å². The van der Waals surface area contributed by atoms with Gasteiger partial charge in [0.25, 0.3) is 0 Å². The second kappa shape index (κ2) is 28.3. The Labute approximate surface area is 191 Å². The molecule has 0 rings (SSSR count). The number of carbonyl (C=O) groups is 1. The van der Waals surface area contributed by atoms with E-state index < -0.39 is 25.7 Å². The van der Waals surface area contributed by atoms with Gasteiger partial charge in [0.05, 0.1) is 0 Å². The van der Waals surface area contributed by atoms with E-state index in [-0.39, 0.29) is 0 Å². The summed E-state index contributed by atoms with van der Waals surface area (Å²) in [5.74, 6) is -0.657. The summed E-state index contributed by atoms with van der Waals surface area (Å²) >= 11 is -0.839. The molecule has 0 aliphatic rings. The van der Waals surface area contributed by atoms with Crippen molar-refractivity contribution in [2.75, 3.05) is 0 Å². The average molecular weight is 518 g/mol. The summed E-state index contributed by atoms with van der Waals surface area (Å²) < 4.78 is 5.04. The topological polar surface area (TPSA) is 37.3 Å². The van der Waals surface area contributed by atoms with E-state index in [0.717, 1.165) is 12.8 Å². The third kappa shape index (κ3) is 30.6. The molecule has 0 atom stereocenters. The van der Waals surface area contributed by atoms with Gasteiger partial charge in [0, 0.05) is 6.42 Å². The predicted molar refractivity (Wildman–Crippen MR) is 134 cm³/mol. The van der Waals surface area contributed by atoms with Crippen LogP contribution in [0.3, 0.4) is 0 Å². The number of rotatable bonds is 21. The van der Waals surface area contributed by atoms with Gasteiger partial charge in [-0.25, -0.2) is 0 Å². The minimum absolute atomic E-state index is 0.344. The number of hydrogen-bond donors (Lipinski definition) is 1. The monoisotopic (exact) mass is 519 g/mol. The van der Waals surface area contributed by atoms with Crippen LogP contribution in [-0.4, -0.2) is 30.8 Å². The van der Waals surface area contributed by atoms with Crippen LogP contribution in [0, 0.1) is 0 Å². The Kier molecular flexibility index (Phi) is 30.7. The zero-order valence-electron chi connectivity index (χ0n) is 20.7. The van der Waals surface area contributed by atoms with Crippen LogP contribution >= 0.6 is 0 Å². The van der Waals surface area contributed by atoms with E-state index in [1.54, 1.807) is 13.3 Å². The van der Waals surface area contributed by atoms with E-state index in [2.05, 4.69) is 27.7 Å². The van der Waals surface area contributed by atoms with Gasteiger partial charge in [-0.1, -0.05) is 71.1 Å². The SMILES string of the molecule is CCCCCCCCCCCCCC(=O)O.CCC[CH2][Sn]([CH2]CCC)[CH2]CCC. The molecule has 0 saturated carbocycles. The Morgan fingerprint density at radius 2 is 0.828 bits per heavy atom. The zero-order chi connectivity index (χ0) is 22.0. The summed E-state index contributed by atoms with van der Waals surface area (Å²) in [6.07, 6.45) is 23.2. The summed E-state index contributed by atoms with van der Waals surface area (Å²) in [6, 6.07) is 0. The number of hydrogen-bond acceptors (Lipinski definition) is 1. The standard InChI is InChI=1S/C14H28O2.3C4H9.Sn/c1-2-3-4-5-6-7-8-9-10-11-12-13-14(15)16;3*1-3-4-2;/h2-13H2,1H3,(H,15,16);3*1,3-4H2,2H3;. The molecule has 0 unspecified atom stereocenters. The summed E-state index contributed by atoms with van der Waals surface area (Å²) in [4.78, 5) is 10.3. The minimum atomic E-state index is -0.839. The molecule has 29 heavy (non-hydrogen) atoms. The predicted octanol–water partition coefficient (Wildman–Crippen LogP) is 9.65. The summed E-state index contributed by atoms with van der Waals surface area (Å²) in [5, 5.41) is 8.46. The molecule has 175 valence electrons. The first-order valence-electron chi connectivity index (χ1n) is 13.2. The quantitative estimate of drug-likeness (QED) is 0.121. The molecule has 0 fully saturated rings. The van der Waals surface area contributed by atoms with Gasteiger partial charge in [-0.3, -0.25) is 4.79 Å². The third-order valence-corrected chi connectivity index (χ3v) is 14.7. The second-order valence-electron chi connectivity index (χ2n) is 8.74. The van der Waals surface area contributed by atoms with Gasteiger partial charge in [-0.2, -0.15) is 0 Å². The third-order valence-electron chi connectivity index (χ3n) is 5.65. The van der Waals surface area contributed by atoms with Gasteiger partial charge in [-0.05, 0) is 6.42 Å². The molecule has 0 aliphatic carbocycles. The van der Waals surface area contributed by atoms with E-state index in [1.807, 2.05) is 0 Å². The van der Waals surface area contributed by atoms with Gasteiger partial charge in [0.15, 0.2) is 0 Å². The molecular formula is C26H55O2Sn. The molecular weight excluding hydrogens is 463 g/mol. The van der Waals surface area contributed by atoms with Crippen molar-refractivity contribution in [1.29, 1.82) is 0 Å². The molecule has 0 bridgehead atoms. The van der Waals surface area contributed by atoms with Crippen LogP contribution in [0.15, 0.2) is 0 Å². The van der Waals surface area contributed by atoms with Crippen LogP contribution in [0.5, 0.6) is 0 Å². The Bertz CT molecular complexity index is 288. The van der Waals surface area contributed by atoms with E-state index in [1.165, 1.54) is 96.3 Å². The Hall–Kier alpha value is 0.269. The molecule has 0 aromatic rings. The van der Waals surface area contributed by atoms with Crippen LogP contribution < -0.4 is 0 Å². The Balaban J connectivity index is 0. The molecule has 0 heterocycles. The van der Waals surface area contributed by atoms with Crippen molar-refractivity contribution in [2.24, 2.45) is 0 Å². The van der Waals surface area contributed by atoms with Crippen LogP contribution in [-0.2, 0) is 4.79 Å². The fourth-order valence-corrected chi connectivity index (χ4v) is 13.0. The normalized spacial score (nSPS) is 10.8. The zero-order valence-corrected chi connectivity index (χ0v) is 23.6. The molecule has 1 N–H and O–H groups in total. The number of carboxylic acid groups (broad SMARTS) is 1. The average Bonchev–Trinajstić information content (AvgIpc) is 2.71. The number of unbranched alkanes of at least 4 members (excludes halogenated alkanes) is 13. The Morgan fingerprint density at radius 3 is 1.14 bits per heavy atom. The molecule has 0 aliphatic heterocycles. The van der Waals surface area contributed by atoms with Gasteiger partial charge >= 0.3 is 98.3 Å². The fourth-order valence-electron chi connectivity index (χ4n) is 3.60. The summed E-state index contributed by atoms with van der Waals surface area (Å²) in [5.41, 5.74) is 0. The van der Waals surface area contributed by atoms with Gasteiger partial charge in [-0.15, -0.1) is 0 Å². The van der Waals surface area contributed by atoms with E-state index in [4.69, 9.17) is 5.11 Å². The maximum atomic E-state index is 10.3. The first-order chi connectivity index (χ1) is 14.1. The molecule has 0 aromatic heterocycles. The number of carboxylic acids is 1. The van der Waals surface area contributed by atoms with Crippen molar-refractivity contribution in [3.8, 4) is 0 Å². The molecule has 0 spiro atoms. The summed E-state index contributed by atoms with van der Waals surface area (Å²) in [7, 11) is 0. The molecule has 0 aromatic carbocycles. The van der Waals surface area contributed by atoms with Crippen LogP contribution in [0.1, 0.15) is 143 Å². The molecule has 0 amide bonds. The maximum absolute atomic E-state index is 10.3. The number of aliphatic carboxylic acids is 1. The van der Waals surface area contributed by atoms with Crippen LogP contribution in [0.2, 0.25) is 13.3 Å². The molecule has 0 saturated heterocycles. The fraction of sp³-hybridized carbons (Fsp3) is 0.962. The second-order valence-corrected chi connectivity index (χ2v) is 17.3. The van der Waals surface area contributed by atoms with Gasteiger partial charge in [0.2, 0.25) is 0 Å². The van der Waals surface area contributed by atoms with Crippen LogP contribution in [0.4, 0.5) is 0 Å². The van der Waals surface area contributed by atoms with Gasteiger partial charge in [0.1, 0.15) is 0 Å². The molecule has 3 heteroatoms. The van der Waals surface area contributed by atoms with Crippen molar-refractivity contribution in [3.63, 3.8) is 0 Å². The summed E-state index contributed by atoms with van der Waals surface area (Å²) in [6.45, 7) is 9.25. The van der Waals surface area contributed by atoms with Crippen molar-refractivity contribution in [3.05, 3.63) is 0 Å². The first-order valence-corrected chi connectivity index (χ1v) is 19.2. The van der Waals surface area contributed by atoms with Crippen molar-refractivity contribution in [1.82, 2.24) is 0 Å². The van der Waals surface area contributed by atoms with Crippen molar-refractivity contribution in [2.45, 2.75) is 157 Å². The van der Waals surface area contributed by atoms with E-state index in [0.29, 0.717) is 6.42 Å². The van der Waals surface area contributed by atoms with Gasteiger partial charge < -0.3 is 5.11 Å². The molecule has 2 nitrogen and oxygen atoms in total. The van der Waals surface area contributed by atoms with Crippen LogP contribution in [0.25, 0.3) is 0 Å². The Morgan fingerprint density at radius 1 is 0.517 bits per heavy atom. The van der Waals surface area contributed by atoms with Crippen molar-refractivity contribution < 1.29 is 9.90 Å².